The van der Waals surface area contributed by atoms with E-state index < -0.39 is 29.8 Å². The summed E-state index contributed by atoms with van der Waals surface area (Å²) < 4.78 is 6.21. The summed E-state index contributed by atoms with van der Waals surface area (Å²) in [6.07, 6.45) is 6.28. The summed E-state index contributed by atoms with van der Waals surface area (Å²) in [5, 5.41) is 20.8. The third kappa shape index (κ3) is 3.68. The lowest BCUT2D eigenvalue weighted by Gasteiger charge is -2.53. The number of aliphatic hydroxyl groups is 2. The molecular weight excluding hydrogens is 368 g/mol. The first-order valence-electron chi connectivity index (χ1n) is 9.65. The highest BCUT2D eigenvalue weighted by atomic mass is 17.2. The fourth-order valence-electron chi connectivity index (χ4n) is 4.46. The molecule has 0 saturated heterocycles. The van der Waals surface area contributed by atoms with E-state index in [4.69, 9.17) is 14.5 Å². The van der Waals surface area contributed by atoms with Gasteiger partial charge in [-0.1, -0.05) is 85.0 Å². The van der Waals surface area contributed by atoms with Gasteiger partial charge in [0.2, 0.25) is 0 Å². The molecule has 0 spiro atoms. The average Bonchev–Trinajstić information content (AvgIpc) is 2.80. The largest absolute Gasteiger partial charge is 0.394 e. The summed E-state index contributed by atoms with van der Waals surface area (Å²) in [7, 11) is 3.05. The first-order valence-corrected chi connectivity index (χ1v) is 9.65. The lowest BCUT2D eigenvalue weighted by atomic mass is 9.57. The van der Waals surface area contributed by atoms with Crippen LogP contribution in [0.4, 0.5) is 0 Å². The van der Waals surface area contributed by atoms with Gasteiger partial charge in [0.15, 0.2) is 0 Å². The van der Waals surface area contributed by atoms with Crippen LogP contribution in [0.3, 0.4) is 0 Å². The van der Waals surface area contributed by atoms with Gasteiger partial charge < -0.3 is 14.9 Å². The van der Waals surface area contributed by atoms with Gasteiger partial charge in [0.25, 0.3) is 0 Å². The quantitative estimate of drug-likeness (QED) is 0.503. The third-order valence-corrected chi connectivity index (χ3v) is 5.69. The highest BCUT2D eigenvalue weighted by molar-refractivity contribution is 5.49. The van der Waals surface area contributed by atoms with Gasteiger partial charge in [0.1, 0.15) is 17.8 Å². The van der Waals surface area contributed by atoms with Gasteiger partial charge in [-0.3, -0.25) is 0 Å². The van der Waals surface area contributed by atoms with Crippen molar-refractivity contribution in [1.29, 1.82) is 0 Å². The smallest absolute Gasteiger partial charge is 0.138 e. The van der Waals surface area contributed by atoms with E-state index in [1.165, 1.54) is 7.11 Å². The predicted molar refractivity (Wildman–Crippen MR) is 111 cm³/mol. The van der Waals surface area contributed by atoms with Gasteiger partial charge in [-0.15, -0.1) is 0 Å². The Hall–Kier alpha value is -2.28. The molecule has 29 heavy (non-hydrogen) atoms. The van der Waals surface area contributed by atoms with Crippen molar-refractivity contribution in [3.63, 3.8) is 0 Å². The maximum absolute atomic E-state index is 10.9. The van der Waals surface area contributed by atoms with Crippen LogP contribution in [0.15, 0.2) is 85.0 Å². The zero-order valence-electron chi connectivity index (χ0n) is 16.8. The Balaban J connectivity index is 2.42. The fraction of sp³-hybridized carbons (Fsp3) is 0.333. The second-order valence-corrected chi connectivity index (χ2v) is 7.06. The van der Waals surface area contributed by atoms with Crippen molar-refractivity contribution in [2.24, 2.45) is 0 Å². The number of hydrogen-bond acceptors (Lipinski definition) is 5. The molecule has 2 N–H and O–H groups in total. The van der Waals surface area contributed by atoms with Crippen molar-refractivity contribution < 1.29 is 24.7 Å². The molecule has 0 fully saturated rings. The number of methoxy groups -OCH3 is 1. The molecule has 3 atom stereocenters. The number of hydrogen-bond donors (Lipinski definition) is 2. The molecule has 5 heteroatoms. The van der Waals surface area contributed by atoms with Crippen molar-refractivity contribution >= 4 is 0 Å². The van der Waals surface area contributed by atoms with E-state index >= 15 is 0 Å². The van der Waals surface area contributed by atoms with Crippen LogP contribution in [0.5, 0.6) is 0 Å². The van der Waals surface area contributed by atoms with Crippen molar-refractivity contribution in [2.75, 3.05) is 20.8 Å². The van der Waals surface area contributed by atoms with Crippen LogP contribution in [-0.2, 0) is 19.9 Å². The van der Waals surface area contributed by atoms with Gasteiger partial charge in [0, 0.05) is 7.11 Å². The van der Waals surface area contributed by atoms with E-state index in [0.29, 0.717) is 6.42 Å². The van der Waals surface area contributed by atoms with Crippen LogP contribution < -0.4 is 0 Å². The summed E-state index contributed by atoms with van der Waals surface area (Å²) >= 11 is 0. The Morgan fingerprint density at radius 3 is 1.97 bits per heavy atom. The van der Waals surface area contributed by atoms with E-state index in [0.717, 1.165) is 11.1 Å². The maximum Gasteiger partial charge on any atom is 0.138 e. The van der Waals surface area contributed by atoms with Gasteiger partial charge in [-0.2, -0.15) is 0 Å². The molecule has 154 valence electrons. The normalized spacial score (nSPS) is 21.1. The summed E-state index contributed by atoms with van der Waals surface area (Å²) in [6, 6.07) is 19.6. The number of rotatable bonds is 9. The van der Waals surface area contributed by atoms with E-state index in [1.807, 2.05) is 85.0 Å². The zero-order valence-corrected chi connectivity index (χ0v) is 16.8. The molecular formula is C24H28O5. The van der Waals surface area contributed by atoms with Crippen LogP contribution in [0.25, 0.3) is 0 Å². The Bertz CT molecular complexity index is 778. The first kappa shape index (κ1) is 21.4. The fourth-order valence-corrected chi connectivity index (χ4v) is 4.46. The molecule has 0 radical (unpaired) electrons. The topological polar surface area (TPSA) is 68.2 Å². The predicted octanol–water partition coefficient (Wildman–Crippen LogP) is 3.17. The molecule has 0 heterocycles. The van der Waals surface area contributed by atoms with Gasteiger partial charge >= 0.3 is 0 Å². The number of benzene rings is 2. The molecule has 0 amide bonds. The lowest BCUT2D eigenvalue weighted by Crippen LogP contribution is -2.63. The Kier molecular flexibility index (Phi) is 7.00. The molecule has 2 aromatic rings. The van der Waals surface area contributed by atoms with Crippen LogP contribution in [0, 0.1) is 0 Å². The van der Waals surface area contributed by atoms with Crippen LogP contribution in [-0.4, -0.2) is 48.8 Å². The number of allylic oxidation sites excluding steroid dienone is 2. The molecule has 3 rings (SSSR count). The molecule has 0 aromatic heterocycles. The van der Waals surface area contributed by atoms with Crippen LogP contribution in [0.1, 0.15) is 17.5 Å². The monoisotopic (exact) mass is 396 g/mol. The second-order valence-electron chi connectivity index (χ2n) is 7.06. The van der Waals surface area contributed by atoms with E-state index in [-0.39, 0.29) is 0 Å². The Morgan fingerprint density at radius 2 is 1.55 bits per heavy atom. The van der Waals surface area contributed by atoms with Gasteiger partial charge in [-0.25, -0.2) is 9.78 Å². The molecule has 3 unspecified atom stereocenters. The molecule has 1 aliphatic carbocycles. The number of ether oxygens (including phenoxy) is 1. The molecule has 0 aliphatic heterocycles. The minimum atomic E-state index is -1.22. The van der Waals surface area contributed by atoms with Crippen molar-refractivity contribution in [2.45, 2.75) is 29.6 Å². The zero-order chi connectivity index (χ0) is 20.7. The van der Waals surface area contributed by atoms with Gasteiger partial charge in [0.05, 0.1) is 19.1 Å². The van der Waals surface area contributed by atoms with E-state index in [2.05, 4.69) is 0 Å². The van der Waals surface area contributed by atoms with Gasteiger partial charge in [-0.05, 0) is 17.5 Å². The molecule has 5 nitrogen and oxygen atoms in total. The summed E-state index contributed by atoms with van der Waals surface area (Å²) in [5.41, 5.74) is -0.168. The molecule has 0 saturated carbocycles. The third-order valence-electron chi connectivity index (χ3n) is 5.69. The highest BCUT2D eigenvalue weighted by Gasteiger charge is 2.60. The van der Waals surface area contributed by atoms with Crippen LogP contribution >= 0.6 is 0 Å². The lowest BCUT2D eigenvalue weighted by molar-refractivity contribution is -0.342. The molecule has 2 aromatic carbocycles. The van der Waals surface area contributed by atoms with Crippen LogP contribution in [0.2, 0.25) is 0 Å². The maximum atomic E-state index is 10.9. The Labute approximate surface area is 171 Å². The standard InChI is InChI=1S/C24H28O5/c1-27-23(16-10-5-11-17-23)24(19-12-6-3-7-13-19,20-14-8-4-9-15-20)22(29-28-2)21(26)18-25/h3-16,21-22,25-26H,17-18H2,1-2H3. The first-order chi connectivity index (χ1) is 14.2. The van der Waals surface area contributed by atoms with Crippen molar-refractivity contribution in [1.82, 2.24) is 0 Å². The second kappa shape index (κ2) is 9.48. The molecule has 0 bridgehead atoms. The van der Waals surface area contributed by atoms with Crippen molar-refractivity contribution in [3.05, 3.63) is 96.1 Å². The summed E-state index contributed by atoms with van der Waals surface area (Å²) in [6.45, 7) is -0.491. The highest BCUT2D eigenvalue weighted by Crippen LogP contribution is 2.51. The Morgan fingerprint density at radius 1 is 0.966 bits per heavy atom. The number of aliphatic hydroxyl groups excluding tert-OH is 2. The minimum absolute atomic E-state index is 0.491. The summed E-state index contributed by atoms with van der Waals surface area (Å²) in [4.78, 5) is 10.8. The van der Waals surface area contributed by atoms with E-state index in [9.17, 15) is 10.2 Å². The van der Waals surface area contributed by atoms with E-state index in [1.54, 1.807) is 7.11 Å². The summed E-state index contributed by atoms with van der Waals surface area (Å²) in [5.74, 6) is 0. The SMILES string of the molecule is COOC(C(O)CO)C(c1ccccc1)(c1ccccc1)C1(OC)C=CC=CC1. The minimum Gasteiger partial charge on any atom is -0.394 e. The molecule has 1 aliphatic rings. The average molecular weight is 396 g/mol. The van der Waals surface area contributed by atoms with Crippen molar-refractivity contribution in [3.8, 4) is 0 Å².